The van der Waals surface area contributed by atoms with Gasteiger partial charge < -0.3 is 19.2 Å². The number of benzene rings is 1. The summed E-state index contributed by atoms with van der Waals surface area (Å²) in [5.41, 5.74) is 1.53. The number of hydrogen-bond acceptors (Lipinski definition) is 6. The maximum absolute atomic E-state index is 13.2. The molecule has 1 unspecified atom stereocenters. The molecule has 3 heterocycles. The summed E-state index contributed by atoms with van der Waals surface area (Å²) in [4.78, 5) is 32.0. The van der Waals surface area contributed by atoms with E-state index in [4.69, 9.17) is 9.15 Å². The minimum atomic E-state index is -0.851. The Labute approximate surface area is 198 Å². The molecule has 1 saturated heterocycles. The fraction of sp³-hybridized carbons (Fsp3) is 0.296. The third-order valence-corrected chi connectivity index (χ3v) is 5.78. The van der Waals surface area contributed by atoms with Crippen molar-refractivity contribution in [3.63, 3.8) is 0 Å². The molecule has 1 N–H and O–H groups in total. The molecule has 4 rings (SSSR count). The van der Waals surface area contributed by atoms with Crippen molar-refractivity contribution in [1.82, 2.24) is 9.88 Å². The van der Waals surface area contributed by atoms with Crippen LogP contribution in [-0.2, 0) is 21.5 Å². The van der Waals surface area contributed by atoms with Gasteiger partial charge in [0.25, 0.3) is 11.7 Å². The van der Waals surface area contributed by atoms with E-state index in [1.165, 1.54) is 11.2 Å². The molecule has 7 heteroatoms. The molecule has 7 nitrogen and oxygen atoms in total. The smallest absolute Gasteiger partial charge is 0.296 e. The summed E-state index contributed by atoms with van der Waals surface area (Å²) in [6, 6.07) is 13.2. The van der Waals surface area contributed by atoms with E-state index in [-0.39, 0.29) is 23.3 Å². The summed E-state index contributed by atoms with van der Waals surface area (Å²) in [7, 11) is 0. The first-order valence-electron chi connectivity index (χ1n) is 11.2. The van der Waals surface area contributed by atoms with Gasteiger partial charge in [0.15, 0.2) is 0 Å². The molecule has 34 heavy (non-hydrogen) atoms. The Morgan fingerprint density at radius 1 is 1.15 bits per heavy atom. The van der Waals surface area contributed by atoms with E-state index in [9.17, 15) is 14.7 Å². The lowest BCUT2D eigenvalue weighted by Crippen LogP contribution is -2.29. The molecule has 3 aromatic rings. The number of hydrogen-bond donors (Lipinski definition) is 1. The lowest BCUT2D eigenvalue weighted by atomic mass is 9.84. The summed E-state index contributed by atoms with van der Waals surface area (Å²) in [6.45, 7) is 8.63. The van der Waals surface area contributed by atoms with Gasteiger partial charge in [0.05, 0.1) is 30.7 Å². The molecular formula is C27H28N2O5. The van der Waals surface area contributed by atoms with Crippen molar-refractivity contribution >= 4 is 17.4 Å². The van der Waals surface area contributed by atoms with Gasteiger partial charge in [0.2, 0.25) is 0 Å². The number of carbonyl (C=O) groups excluding carboxylic acids is 2. The Kier molecular flexibility index (Phi) is 6.28. The first-order valence-corrected chi connectivity index (χ1v) is 11.2. The van der Waals surface area contributed by atoms with E-state index in [0.29, 0.717) is 29.4 Å². The van der Waals surface area contributed by atoms with E-state index < -0.39 is 17.7 Å². The number of nitrogens with zero attached hydrogens (tertiary/aromatic N) is 2. The number of aliphatic hydroxyl groups excluding tert-OH is 1. The molecule has 176 valence electrons. The molecule has 1 aromatic carbocycles. The van der Waals surface area contributed by atoms with E-state index in [2.05, 4.69) is 4.98 Å². The molecule has 0 radical (unpaired) electrons. The molecule has 0 bridgehead atoms. The Hall–Kier alpha value is -3.87. The Morgan fingerprint density at radius 3 is 2.56 bits per heavy atom. The van der Waals surface area contributed by atoms with Gasteiger partial charge in [-0.15, -0.1) is 0 Å². The Balaban J connectivity index is 1.87. The monoisotopic (exact) mass is 460 g/mol. The number of pyridine rings is 1. The SMILES string of the molecule is CCOc1ccc(/C(O)=C2/C(=O)C(=O)N(Cc3ccco3)C2c2ccccn2)cc1C(C)(C)C. The Morgan fingerprint density at radius 2 is 1.94 bits per heavy atom. The second-order valence-corrected chi connectivity index (χ2v) is 9.15. The molecule has 1 aliphatic rings. The predicted molar refractivity (Wildman–Crippen MR) is 127 cm³/mol. The molecular weight excluding hydrogens is 432 g/mol. The van der Waals surface area contributed by atoms with E-state index in [1.54, 1.807) is 48.7 Å². The topological polar surface area (TPSA) is 92.9 Å². The molecule has 1 amide bonds. The highest BCUT2D eigenvalue weighted by molar-refractivity contribution is 6.46. The minimum absolute atomic E-state index is 0.000671. The maximum atomic E-state index is 13.2. The summed E-state index contributed by atoms with van der Waals surface area (Å²) in [5.74, 6) is -0.476. The zero-order valence-corrected chi connectivity index (χ0v) is 19.7. The number of likely N-dealkylation sites (tertiary alicyclic amines) is 1. The van der Waals surface area contributed by atoms with E-state index >= 15 is 0 Å². The number of carbonyl (C=O) groups is 2. The molecule has 1 atom stereocenters. The molecule has 1 fully saturated rings. The van der Waals surface area contributed by atoms with Crippen LogP contribution < -0.4 is 4.74 Å². The minimum Gasteiger partial charge on any atom is -0.507 e. The number of Topliss-reactive ketones (excluding diaryl/α,β-unsaturated/α-hetero) is 1. The largest absolute Gasteiger partial charge is 0.507 e. The zero-order valence-electron chi connectivity index (χ0n) is 19.7. The van der Waals surface area contributed by atoms with Gasteiger partial charge in [-0.25, -0.2) is 0 Å². The molecule has 2 aromatic heterocycles. The number of ketones is 1. The van der Waals surface area contributed by atoms with Crippen LogP contribution in [0.3, 0.4) is 0 Å². The van der Waals surface area contributed by atoms with Crippen LogP contribution in [0.5, 0.6) is 5.75 Å². The highest BCUT2D eigenvalue weighted by atomic mass is 16.5. The van der Waals surface area contributed by atoms with Gasteiger partial charge >= 0.3 is 0 Å². The lowest BCUT2D eigenvalue weighted by molar-refractivity contribution is -0.140. The van der Waals surface area contributed by atoms with Crippen LogP contribution in [-0.4, -0.2) is 33.3 Å². The van der Waals surface area contributed by atoms with Gasteiger partial charge in [0, 0.05) is 17.3 Å². The number of furan rings is 1. The Bertz CT molecular complexity index is 1220. The van der Waals surface area contributed by atoms with Crippen molar-refractivity contribution < 1.29 is 23.8 Å². The molecule has 0 spiro atoms. The van der Waals surface area contributed by atoms with Crippen molar-refractivity contribution in [2.45, 2.75) is 45.7 Å². The number of aliphatic hydroxyl groups is 1. The average molecular weight is 461 g/mol. The zero-order chi connectivity index (χ0) is 24.5. The van der Waals surface area contributed by atoms with Crippen LogP contribution in [0.2, 0.25) is 0 Å². The fourth-order valence-electron chi connectivity index (χ4n) is 4.16. The number of amides is 1. The van der Waals surface area contributed by atoms with E-state index in [0.717, 1.165) is 5.56 Å². The highest BCUT2D eigenvalue weighted by Gasteiger charge is 2.47. The fourth-order valence-corrected chi connectivity index (χ4v) is 4.16. The maximum Gasteiger partial charge on any atom is 0.296 e. The quantitative estimate of drug-likeness (QED) is 0.316. The molecule has 0 saturated carbocycles. The van der Waals surface area contributed by atoms with Crippen LogP contribution >= 0.6 is 0 Å². The van der Waals surface area contributed by atoms with Crippen LogP contribution in [0.4, 0.5) is 0 Å². The van der Waals surface area contributed by atoms with Gasteiger partial charge in [-0.3, -0.25) is 14.6 Å². The number of rotatable bonds is 6. The second kappa shape index (κ2) is 9.17. The van der Waals surface area contributed by atoms with Crippen molar-refractivity contribution in [1.29, 1.82) is 0 Å². The number of ether oxygens (including phenoxy) is 1. The van der Waals surface area contributed by atoms with E-state index in [1.807, 2.05) is 33.8 Å². The normalized spacial score (nSPS) is 17.9. The lowest BCUT2D eigenvalue weighted by Gasteiger charge is -2.25. The van der Waals surface area contributed by atoms with Gasteiger partial charge in [-0.1, -0.05) is 26.8 Å². The third-order valence-electron chi connectivity index (χ3n) is 5.78. The van der Waals surface area contributed by atoms with Crippen LogP contribution in [0.25, 0.3) is 5.76 Å². The van der Waals surface area contributed by atoms with Crippen molar-refractivity contribution in [2.75, 3.05) is 6.61 Å². The van der Waals surface area contributed by atoms with Crippen LogP contribution in [0.1, 0.15) is 56.3 Å². The van der Waals surface area contributed by atoms with Gasteiger partial charge in [-0.2, -0.15) is 0 Å². The highest BCUT2D eigenvalue weighted by Crippen LogP contribution is 2.41. The standard InChI is InChI=1S/C27H28N2O5/c1-5-33-21-12-11-17(15-19(21)27(2,3)4)24(30)22-23(20-10-6-7-13-28-20)29(26(32)25(22)31)16-18-9-8-14-34-18/h6-15,23,30H,5,16H2,1-4H3/b24-22-. The number of aromatic nitrogens is 1. The second-order valence-electron chi connectivity index (χ2n) is 9.15. The summed E-state index contributed by atoms with van der Waals surface area (Å²) < 4.78 is 11.2. The van der Waals surface area contributed by atoms with Gasteiger partial charge in [-0.05, 0) is 54.8 Å². The average Bonchev–Trinajstić information content (AvgIpc) is 3.41. The van der Waals surface area contributed by atoms with Crippen molar-refractivity contribution in [3.8, 4) is 5.75 Å². The first kappa shape index (κ1) is 23.3. The van der Waals surface area contributed by atoms with Crippen LogP contribution in [0.15, 0.2) is 71.0 Å². The van der Waals surface area contributed by atoms with Crippen molar-refractivity contribution in [3.05, 3.63) is 89.1 Å². The third kappa shape index (κ3) is 4.33. The van der Waals surface area contributed by atoms with Crippen molar-refractivity contribution in [2.24, 2.45) is 0 Å². The summed E-state index contributed by atoms with van der Waals surface area (Å²) in [5, 5.41) is 11.4. The van der Waals surface area contributed by atoms with Gasteiger partial charge in [0.1, 0.15) is 23.3 Å². The summed E-state index contributed by atoms with van der Waals surface area (Å²) in [6.07, 6.45) is 3.10. The first-order chi connectivity index (χ1) is 16.2. The summed E-state index contributed by atoms with van der Waals surface area (Å²) >= 11 is 0. The predicted octanol–water partition coefficient (Wildman–Crippen LogP) is 4.99. The molecule has 0 aliphatic carbocycles. The molecule has 1 aliphatic heterocycles. The van der Waals surface area contributed by atoms with Crippen LogP contribution in [0, 0.1) is 0 Å².